The predicted molar refractivity (Wildman–Crippen MR) is 70.9 cm³/mol. The summed E-state index contributed by atoms with van der Waals surface area (Å²) >= 11 is 0. The Hall–Kier alpha value is -2.21. The lowest BCUT2D eigenvalue weighted by atomic mass is 9.92. The molecule has 0 aromatic carbocycles. The molecule has 0 unspecified atom stereocenters. The van der Waals surface area contributed by atoms with Gasteiger partial charge in [-0.25, -0.2) is 9.97 Å². The van der Waals surface area contributed by atoms with E-state index in [9.17, 15) is 15.3 Å². The third kappa shape index (κ3) is 1.79. The average molecular weight is 290 g/mol. The normalized spacial score (nSPS) is 32.4. The van der Waals surface area contributed by atoms with E-state index in [0.29, 0.717) is 5.65 Å². The fraction of sp³-hybridized carbons (Fsp3) is 0.462. The predicted octanol–water partition coefficient (Wildman–Crippen LogP) is -0.578. The topological polar surface area (TPSA) is 114 Å². The van der Waals surface area contributed by atoms with Crippen LogP contribution in [0.3, 0.4) is 0 Å². The number of aliphatic hydroxyl groups is 2. The minimum atomic E-state index is -1.46. The smallest absolute Gasteiger partial charge is 0.242 e. The number of terminal acetylenes is 1. The van der Waals surface area contributed by atoms with Gasteiger partial charge >= 0.3 is 0 Å². The molecule has 2 aromatic rings. The van der Waals surface area contributed by atoms with Crippen molar-refractivity contribution in [1.82, 2.24) is 19.5 Å². The maximum absolute atomic E-state index is 10.3. The standard InChI is InChI=1S/C13H14N4O4/c1-3-13(4-18)9(19)7(2)12(21-13)17-6-16-8-10(17)14-5-15-11(8)20/h1,5-7,9,12,18-19H,4H2,2H3,(H,14,15,20)/t7-,9+,12-,13-/m1/s1. The molecule has 21 heavy (non-hydrogen) atoms. The van der Waals surface area contributed by atoms with Crippen LogP contribution in [-0.2, 0) is 4.74 Å². The molecule has 0 aliphatic carbocycles. The molecule has 0 saturated carbocycles. The molecule has 3 heterocycles. The summed E-state index contributed by atoms with van der Waals surface area (Å²) in [5, 5.41) is 29.4. The van der Waals surface area contributed by atoms with Gasteiger partial charge in [0.1, 0.15) is 18.7 Å². The van der Waals surface area contributed by atoms with Crippen LogP contribution in [0.2, 0.25) is 0 Å². The van der Waals surface area contributed by atoms with E-state index in [-0.39, 0.29) is 11.4 Å². The second-order valence-corrected chi connectivity index (χ2v) is 5.03. The molecule has 0 amide bonds. The van der Waals surface area contributed by atoms with Gasteiger partial charge in [-0.2, -0.15) is 4.98 Å². The van der Waals surface area contributed by atoms with Crippen LogP contribution in [0.1, 0.15) is 13.2 Å². The lowest BCUT2D eigenvalue weighted by Crippen LogP contribution is -2.43. The van der Waals surface area contributed by atoms with E-state index in [1.807, 2.05) is 0 Å². The zero-order valence-electron chi connectivity index (χ0n) is 11.2. The SMILES string of the molecule is C#C[C@]1(CO)O[C@@H](n2cnc3c(O)ncnc32)[C@H](C)[C@@H]1O. The van der Waals surface area contributed by atoms with Gasteiger partial charge in [-0.15, -0.1) is 6.42 Å². The minimum Gasteiger partial charge on any atom is -0.492 e. The van der Waals surface area contributed by atoms with Gasteiger partial charge in [0.15, 0.2) is 16.8 Å². The Labute approximate surface area is 120 Å². The van der Waals surface area contributed by atoms with Crippen LogP contribution < -0.4 is 0 Å². The van der Waals surface area contributed by atoms with Gasteiger partial charge < -0.3 is 20.1 Å². The number of nitrogens with zero attached hydrogens (tertiary/aromatic N) is 4. The molecule has 8 nitrogen and oxygen atoms in total. The first-order valence-electron chi connectivity index (χ1n) is 6.35. The molecule has 8 heteroatoms. The maximum atomic E-state index is 10.3. The number of aromatic nitrogens is 4. The monoisotopic (exact) mass is 290 g/mol. The van der Waals surface area contributed by atoms with Gasteiger partial charge in [0.25, 0.3) is 0 Å². The Kier molecular flexibility index (Phi) is 3.06. The van der Waals surface area contributed by atoms with Crippen LogP contribution >= 0.6 is 0 Å². The lowest BCUT2D eigenvalue weighted by molar-refractivity contribution is -0.0896. The van der Waals surface area contributed by atoms with Crippen molar-refractivity contribution in [3.8, 4) is 18.2 Å². The summed E-state index contributed by atoms with van der Waals surface area (Å²) in [4.78, 5) is 11.7. The second kappa shape index (κ2) is 4.66. The van der Waals surface area contributed by atoms with Crippen molar-refractivity contribution in [2.24, 2.45) is 5.92 Å². The Bertz CT molecular complexity index is 725. The molecule has 2 aromatic heterocycles. The zero-order chi connectivity index (χ0) is 15.2. The number of imidazole rings is 1. The van der Waals surface area contributed by atoms with Gasteiger partial charge in [0, 0.05) is 5.92 Å². The van der Waals surface area contributed by atoms with Crippen molar-refractivity contribution >= 4 is 11.2 Å². The van der Waals surface area contributed by atoms with Crippen LogP contribution in [0.25, 0.3) is 11.2 Å². The Balaban J connectivity index is 2.08. The number of hydrogen-bond donors (Lipinski definition) is 3. The maximum Gasteiger partial charge on any atom is 0.242 e. The summed E-state index contributed by atoms with van der Waals surface area (Å²) in [6.07, 6.45) is 6.33. The quantitative estimate of drug-likeness (QED) is 0.634. The van der Waals surface area contributed by atoms with Gasteiger partial charge in [0.2, 0.25) is 5.88 Å². The van der Waals surface area contributed by atoms with Crippen molar-refractivity contribution in [3.05, 3.63) is 12.7 Å². The summed E-state index contributed by atoms with van der Waals surface area (Å²) in [5.74, 6) is 1.68. The van der Waals surface area contributed by atoms with Crippen LogP contribution in [-0.4, -0.2) is 53.2 Å². The van der Waals surface area contributed by atoms with E-state index in [0.717, 1.165) is 0 Å². The molecule has 110 valence electrons. The molecule has 1 aliphatic rings. The number of rotatable bonds is 2. The van der Waals surface area contributed by atoms with Gasteiger partial charge in [-0.1, -0.05) is 12.8 Å². The van der Waals surface area contributed by atoms with Gasteiger partial charge in [-0.3, -0.25) is 4.57 Å². The first-order valence-corrected chi connectivity index (χ1v) is 6.35. The highest BCUT2D eigenvalue weighted by atomic mass is 16.6. The summed E-state index contributed by atoms with van der Waals surface area (Å²) in [7, 11) is 0. The van der Waals surface area contributed by atoms with E-state index in [1.165, 1.54) is 12.7 Å². The van der Waals surface area contributed by atoms with Crippen LogP contribution in [0.5, 0.6) is 5.88 Å². The Morgan fingerprint density at radius 1 is 1.48 bits per heavy atom. The lowest BCUT2D eigenvalue weighted by Gasteiger charge is -2.23. The molecular weight excluding hydrogens is 276 g/mol. The third-order valence-corrected chi connectivity index (χ3v) is 3.85. The largest absolute Gasteiger partial charge is 0.492 e. The van der Waals surface area contributed by atoms with Crippen LogP contribution in [0, 0.1) is 18.3 Å². The molecule has 3 N–H and O–H groups in total. The summed E-state index contributed by atoms with van der Waals surface area (Å²) in [5.41, 5.74) is -0.877. The van der Waals surface area contributed by atoms with Crippen molar-refractivity contribution in [3.63, 3.8) is 0 Å². The molecule has 1 aliphatic heterocycles. The highest BCUT2D eigenvalue weighted by molar-refractivity contribution is 5.75. The molecule has 0 bridgehead atoms. The summed E-state index contributed by atoms with van der Waals surface area (Å²) in [6, 6.07) is 0. The number of fused-ring (bicyclic) bond motifs is 1. The summed E-state index contributed by atoms with van der Waals surface area (Å²) < 4.78 is 7.26. The molecule has 0 radical (unpaired) electrons. The third-order valence-electron chi connectivity index (χ3n) is 3.85. The molecule has 4 atom stereocenters. The van der Waals surface area contributed by atoms with Crippen molar-refractivity contribution in [1.29, 1.82) is 0 Å². The molecule has 0 spiro atoms. The zero-order valence-corrected chi connectivity index (χ0v) is 11.2. The number of hydrogen-bond acceptors (Lipinski definition) is 7. The first-order chi connectivity index (χ1) is 10.0. The number of ether oxygens (including phenoxy) is 1. The van der Waals surface area contributed by atoms with Crippen LogP contribution in [0.15, 0.2) is 12.7 Å². The molecule has 1 saturated heterocycles. The van der Waals surface area contributed by atoms with Gasteiger partial charge in [-0.05, 0) is 0 Å². The van der Waals surface area contributed by atoms with Crippen molar-refractivity contribution in [2.75, 3.05) is 6.61 Å². The number of aliphatic hydroxyl groups excluding tert-OH is 2. The summed E-state index contributed by atoms with van der Waals surface area (Å²) in [6.45, 7) is 1.25. The van der Waals surface area contributed by atoms with Crippen LogP contribution in [0.4, 0.5) is 0 Å². The molecule has 1 fully saturated rings. The first kappa shape index (κ1) is 13.8. The Morgan fingerprint density at radius 3 is 2.86 bits per heavy atom. The van der Waals surface area contributed by atoms with E-state index < -0.39 is 30.5 Å². The van der Waals surface area contributed by atoms with Crippen molar-refractivity contribution in [2.45, 2.75) is 24.9 Å². The van der Waals surface area contributed by atoms with Crippen molar-refractivity contribution < 1.29 is 20.1 Å². The molecule has 3 rings (SSSR count). The second-order valence-electron chi connectivity index (χ2n) is 5.03. The average Bonchev–Trinajstić information content (AvgIpc) is 3.02. The fourth-order valence-electron chi connectivity index (χ4n) is 2.60. The van der Waals surface area contributed by atoms with E-state index >= 15 is 0 Å². The van der Waals surface area contributed by atoms with E-state index in [2.05, 4.69) is 20.9 Å². The Morgan fingerprint density at radius 2 is 2.24 bits per heavy atom. The van der Waals surface area contributed by atoms with E-state index in [4.69, 9.17) is 11.2 Å². The fourth-order valence-corrected chi connectivity index (χ4v) is 2.60. The van der Waals surface area contributed by atoms with E-state index in [1.54, 1.807) is 11.5 Å². The highest BCUT2D eigenvalue weighted by Gasteiger charge is 2.52. The number of aromatic hydroxyl groups is 1. The highest BCUT2D eigenvalue weighted by Crippen LogP contribution is 2.42. The molecular formula is C13H14N4O4. The van der Waals surface area contributed by atoms with Gasteiger partial charge in [0.05, 0.1) is 12.9 Å². The minimum absolute atomic E-state index is 0.227.